The molecular formula is C26H42N4O8. The number of hydrogen-bond donors (Lipinski definition) is 0. The van der Waals surface area contributed by atoms with Gasteiger partial charge in [0, 0.05) is 52.4 Å². The van der Waals surface area contributed by atoms with Gasteiger partial charge in [-0.15, -0.1) is 0 Å². The third-order valence-electron chi connectivity index (χ3n) is 6.50. The van der Waals surface area contributed by atoms with E-state index in [0.29, 0.717) is 52.4 Å². The number of esters is 4. The van der Waals surface area contributed by atoms with Crippen molar-refractivity contribution in [1.82, 2.24) is 19.6 Å². The molecule has 0 saturated carbocycles. The highest BCUT2D eigenvalue weighted by Crippen LogP contribution is 2.10. The lowest BCUT2D eigenvalue weighted by molar-refractivity contribution is -0.145. The molecule has 38 heavy (non-hydrogen) atoms. The second kappa shape index (κ2) is 17.7. The molecule has 1 aliphatic heterocycles. The van der Waals surface area contributed by atoms with Crippen molar-refractivity contribution in [3.8, 4) is 0 Å². The molecule has 0 aromatic carbocycles. The molecule has 1 aliphatic carbocycles. The number of rotatable bonds is 10. The Labute approximate surface area is 225 Å². The van der Waals surface area contributed by atoms with Crippen LogP contribution in [0.3, 0.4) is 0 Å². The van der Waals surface area contributed by atoms with E-state index >= 15 is 0 Å². The normalized spacial score (nSPS) is 19.0. The molecule has 1 heterocycles. The molecule has 12 nitrogen and oxygen atoms in total. The lowest BCUT2D eigenvalue weighted by Crippen LogP contribution is -2.49. The molecular weight excluding hydrogens is 496 g/mol. The summed E-state index contributed by atoms with van der Waals surface area (Å²) in [5.41, 5.74) is 0.989. The fourth-order valence-corrected chi connectivity index (χ4v) is 4.12. The summed E-state index contributed by atoms with van der Waals surface area (Å²) in [4.78, 5) is 56.5. The van der Waals surface area contributed by atoms with E-state index in [2.05, 4.69) is 12.2 Å². The summed E-state index contributed by atoms with van der Waals surface area (Å²) in [5.74, 6) is -1.41. The topological polar surface area (TPSA) is 118 Å². The van der Waals surface area contributed by atoms with Gasteiger partial charge in [0.1, 0.15) is 6.61 Å². The smallest absolute Gasteiger partial charge is 0.320 e. The standard InChI is InChI=1S/C26H42N4O8/c1-35-23(31)17-27-9-11-28(18-24(32)36-2)13-15-30(16-14-29(12-10-27)19-25(33)37-3)20-26(34)38-21-22-7-5-4-6-8-22/h5,7-8H,4,6,9-21H2,1-3H3. The first kappa shape index (κ1) is 31.4. The Hall–Kier alpha value is -2.80. The summed E-state index contributed by atoms with van der Waals surface area (Å²) >= 11 is 0. The van der Waals surface area contributed by atoms with E-state index in [1.54, 1.807) is 0 Å². The average molecular weight is 539 g/mol. The van der Waals surface area contributed by atoms with Gasteiger partial charge in [-0.25, -0.2) is 0 Å². The predicted octanol–water partition coefficient (Wildman–Crippen LogP) is -0.453. The van der Waals surface area contributed by atoms with Crippen molar-refractivity contribution in [1.29, 1.82) is 0 Å². The maximum atomic E-state index is 12.7. The van der Waals surface area contributed by atoms with Gasteiger partial charge < -0.3 is 18.9 Å². The van der Waals surface area contributed by atoms with Crippen LogP contribution < -0.4 is 0 Å². The second-order valence-electron chi connectivity index (χ2n) is 9.25. The highest BCUT2D eigenvalue weighted by molar-refractivity contribution is 5.73. The van der Waals surface area contributed by atoms with Gasteiger partial charge in [-0.1, -0.05) is 18.2 Å². The van der Waals surface area contributed by atoms with Crippen molar-refractivity contribution >= 4 is 23.9 Å². The lowest BCUT2D eigenvalue weighted by atomic mass is 10.1. The van der Waals surface area contributed by atoms with Crippen molar-refractivity contribution < 1.29 is 38.1 Å². The summed E-state index contributed by atoms with van der Waals surface area (Å²) < 4.78 is 20.1. The number of nitrogens with zero attached hydrogens (tertiary/aromatic N) is 4. The Morgan fingerprint density at radius 3 is 1.29 bits per heavy atom. The molecule has 0 unspecified atom stereocenters. The highest BCUT2D eigenvalue weighted by Gasteiger charge is 2.22. The molecule has 0 amide bonds. The van der Waals surface area contributed by atoms with Gasteiger partial charge >= 0.3 is 23.9 Å². The lowest BCUT2D eigenvalue weighted by Gasteiger charge is -2.33. The van der Waals surface area contributed by atoms with Crippen molar-refractivity contribution in [2.24, 2.45) is 0 Å². The van der Waals surface area contributed by atoms with Crippen LogP contribution in [0.4, 0.5) is 0 Å². The molecule has 1 saturated heterocycles. The van der Waals surface area contributed by atoms with Crippen LogP contribution in [0.25, 0.3) is 0 Å². The number of methoxy groups -OCH3 is 3. The minimum atomic E-state index is -0.361. The third kappa shape index (κ3) is 12.6. The Bertz CT molecular complexity index is 813. The van der Waals surface area contributed by atoms with E-state index < -0.39 is 0 Å². The molecule has 0 radical (unpaired) electrons. The molecule has 214 valence electrons. The van der Waals surface area contributed by atoms with E-state index in [9.17, 15) is 19.2 Å². The molecule has 0 spiro atoms. The van der Waals surface area contributed by atoms with Crippen LogP contribution in [0.5, 0.6) is 0 Å². The third-order valence-corrected chi connectivity index (χ3v) is 6.50. The van der Waals surface area contributed by atoms with Gasteiger partial charge in [-0.2, -0.15) is 0 Å². The summed E-state index contributed by atoms with van der Waals surface area (Å²) in [6.07, 6.45) is 8.06. The molecule has 1 fully saturated rings. The molecule has 2 rings (SSSR count). The van der Waals surface area contributed by atoms with E-state index in [4.69, 9.17) is 18.9 Å². The van der Waals surface area contributed by atoms with Gasteiger partial charge in [0.25, 0.3) is 0 Å². The molecule has 0 aromatic rings. The van der Waals surface area contributed by atoms with Crippen molar-refractivity contribution in [3.05, 3.63) is 23.8 Å². The fourth-order valence-electron chi connectivity index (χ4n) is 4.12. The van der Waals surface area contributed by atoms with Crippen LogP contribution in [-0.4, -0.2) is 150 Å². The van der Waals surface area contributed by atoms with Gasteiger partial charge in [-0.05, 0) is 18.4 Å². The minimum absolute atomic E-state index is 0.0869. The number of carbonyl (C=O) groups is 4. The van der Waals surface area contributed by atoms with Crippen LogP contribution in [0.2, 0.25) is 0 Å². The largest absolute Gasteiger partial charge is 0.468 e. The molecule has 2 aliphatic rings. The summed E-state index contributed by atoms with van der Waals surface area (Å²) in [6.45, 7) is 4.61. The number of ether oxygens (including phenoxy) is 4. The first-order chi connectivity index (χ1) is 18.3. The first-order valence-corrected chi connectivity index (χ1v) is 12.9. The van der Waals surface area contributed by atoms with Crippen LogP contribution in [0, 0.1) is 0 Å². The predicted molar refractivity (Wildman–Crippen MR) is 139 cm³/mol. The molecule has 0 bridgehead atoms. The van der Waals surface area contributed by atoms with Gasteiger partial charge in [-0.3, -0.25) is 38.8 Å². The Morgan fingerprint density at radius 2 is 0.974 bits per heavy atom. The zero-order valence-electron chi connectivity index (χ0n) is 22.9. The minimum Gasteiger partial charge on any atom is -0.468 e. The van der Waals surface area contributed by atoms with Crippen LogP contribution in [0.1, 0.15) is 12.8 Å². The first-order valence-electron chi connectivity index (χ1n) is 12.9. The Morgan fingerprint density at radius 1 is 0.605 bits per heavy atom. The van der Waals surface area contributed by atoms with Crippen LogP contribution >= 0.6 is 0 Å². The average Bonchev–Trinajstić information content (AvgIpc) is 2.93. The Kier molecular flexibility index (Phi) is 14.6. The molecule has 0 atom stereocenters. The van der Waals surface area contributed by atoms with Crippen molar-refractivity contribution in [2.45, 2.75) is 12.8 Å². The summed E-state index contributed by atoms with van der Waals surface area (Å²) in [6, 6.07) is 0. The molecule has 12 heteroatoms. The summed E-state index contributed by atoms with van der Waals surface area (Å²) in [7, 11) is 4.03. The zero-order chi connectivity index (χ0) is 27.8. The van der Waals surface area contributed by atoms with E-state index in [1.165, 1.54) is 21.3 Å². The number of allylic oxidation sites excluding steroid dienone is 2. The van der Waals surface area contributed by atoms with Crippen molar-refractivity contribution in [3.63, 3.8) is 0 Å². The number of hydrogen-bond acceptors (Lipinski definition) is 12. The van der Waals surface area contributed by atoms with Crippen molar-refractivity contribution in [2.75, 3.05) is 106 Å². The Balaban J connectivity index is 2.10. The number of carbonyl (C=O) groups excluding carboxylic acids is 4. The SMILES string of the molecule is COC(=O)CN1CCN(CC(=O)OC)CCN(CC(=O)OCC2=CCCC=C2)CCN(CC(=O)OC)CC1. The van der Waals surface area contributed by atoms with Gasteiger partial charge in [0.15, 0.2) is 0 Å². The quantitative estimate of drug-likeness (QED) is 0.265. The second-order valence-corrected chi connectivity index (χ2v) is 9.25. The highest BCUT2D eigenvalue weighted by atomic mass is 16.5. The molecule has 0 aromatic heterocycles. The van der Waals surface area contributed by atoms with Gasteiger partial charge in [0.2, 0.25) is 0 Å². The zero-order valence-corrected chi connectivity index (χ0v) is 22.9. The molecule has 0 N–H and O–H groups in total. The maximum Gasteiger partial charge on any atom is 0.320 e. The fraction of sp³-hybridized carbons (Fsp3) is 0.692. The van der Waals surface area contributed by atoms with E-state index in [-0.39, 0.29) is 56.7 Å². The van der Waals surface area contributed by atoms with E-state index in [1.807, 2.05) is 25.7 Å². The van der Waals surface area contributed by atoms with Crippen LogP contribution in [-0.2, 0) is 38.1 Å². The summed E-state index contributed by atoms with van der Waals surface area (Å²) in [5, 5.41) is 0. The van der Waals surface area contributed by atoms with Gasteiger partial charge in [0.05, 0.1) is 47.5 Å². The van der Waals surface area contributed by atoms with Crippen LogP contribution in [0.15, 0.2) is 23.8 Å². The maximum absolute atomic E-state index is 12.7. The monoisotopic (exact) mass is 538 g/mol. The van der Waals surface area contributed by atoms with E-state index in [0.717, 1.165) is 18.4 Å².